The molecule has 0 saturated carbocycles. The average molecular weight is 170 g/mol. The molecule has 0 spiro atoms. The van der Waals surface area contributed by atoms with Crippen LogP contribution in [0.1, 0.15) is 0 Å². The smallest absolute Gasteiger partial charge is 0.384 e. The van der Waals surface area contributed by atoms with Crippen LogP contribution in [0.4, 0.5) is 0 Å². The molecule has 1 atom stereocenters. The van der Waals surface area contributed by atoms with Gasteiger partial charge in [-0.3, -0.25) is 0 Å². The van der Waals surface area contributed by atoms with Crippen LogP contribution in [0, 0.1) is 11.8 Å². The summed E-state index contributed by atoms with van der Waals surface area (Å²) in [7, 11) is 1.29. The van der Waals surface area contributed by atoms with E-state index in [0.717, 1.165) is 0 Å². The van der Waals surface area contributed by atoms with Crippen molar-refractivity contribution in [1.82, 2.24) is 0 Å². The first kappa shape index (κ1) is 9.04. The molecule has 12 heavy (non-hydrogen) atoms. The van der Waals surface area contributed by atoms with Crippen LogP contribution < -0.4 is 0 Å². The number of hydrogen-bond acceptors (Lipinski definition) is 4. The Hall–Kier alpha value is -1.05. The van der Waals surface area contributed by atoms with Crippen LogP contribution in [0.2, 0.25) is 0 Å². The van der Waals surface area contributed by atoms with Gasteiger partial charge in [-0.05, 0) is 0 Å². The molecular weight excluding hydrogens is 160 g/mol. The third kappa shape index (κ3) is 2.91. The van der Waals surface area contributed by atoms with Crippen LogP contribution >= 0.6 is 0 Å². The average Bonchev–Trinajstić information content (AvgIpc) is 2.16. The zero-order valence-corrected chi connectivity index (χ0v) is 6.83. The Bertz CT molecular complexity index is 207. The van der Waals surface area contributed by atoms with Crippen molar-refractivity contribution >= 4 is 5.97 Å². The maximum Gasteiger partial charge on any atom is 0.384 e. The summed E-state index contributed by atoms with van der Waals surface area (Å²) in [5.41, 5.74) is 0. The summed E-state index contributed by atoms with van der Waals surface area (Å²) in [6, 6.07) is 0. The standard InChI is InChI=1S/C8H10O4/c1-10-8(9)3-2-7-6-11-4-5-12-7/h7H,4-6H2,1H3. The van der Waals surface area contributed by atoms with Crippen molar-refractivity contribution in [1.29, 1.82) is 0 Å². The molecule has 1 rings (SSSR count). The van der Waals surface area contributed by atoms with Crippen LogP contribution in [-0.4, -0.2) is 39.0 Å². The quantitative estimate of drug-likeness (QED) is 0.281. The van der Waals surface area contributed by atoms with Crippen LogP contribution in [0.5, 0.6) is 0 Å². The number of hydrogen-bond donors (Lipinski definition) is 0. The number of methoxy groups -OCH3 is 1. The van der Waals surface area contributed by atoms with Gasteiger partial charge in [-0.25, -0.2) is 4.79 Å². The lowest BCUT2D eigenvalue weighted by atomic mass is 10.3. The molecule has 0 N–H and O–H groups in total. The SMILES string of the molecule is COC(=O)C#CC1COCCO1. The number of carbonyl (C=O) groups excluding carboxylic acids is 1. The van der Waals surface area contributed by atoms with Gasteiger partial charge < -0.3 is 14.2 Å². The van der Waals surface area contributed by atoms with Crippen molar-refractivity contribution < 1.29 is 19.0 Å². The molecule has 1 heterocycles. The summed E-state index contributed by atoms with van der Waals surface area (Å²) in [6.45, 7) is 1.54. The molecular formula is C8H10O4. The zero-order valence-electron chi connectivity index (χ0n) is 6.83. The minimum Gasteiger partial charge on any atom is -0.459 e. The van der Waals surface area contributed by atoms with Crippen molar-refractivity contribution in [3.8, 4) is 11.8 Å². The van der Waals surface area contributed by atoms with E-state index in [2.05, 4.69) is 16.6 Å². The largest absolute Gasteiger partial charge is 0.459 e. The van der Waals surface area contributed by atoms with Crippen molar-refractivity contribution in [2.75, 3.05) is 26.9 Å². The fourth-order valence-corrected chi connectivity index (χ4v) is 0.762. The summed E-state index contributed by atoms with van der Waals surface area (Å²) < 4.78 is 14.6. The highest BCUT2D eigenvalue weighted by atomic mass is 16.6. The predicted octanol–water partition coefficient (Wildman–Crippen LogP) is -0.422. The molecule has 4 nitrogen and oxygen atoms in total. The maximum absolute atomic E-state index is 10.6. The highest BCUT2D eigenvalue weighted by Crippen LogP contribution is 1.98. The van der Waals surface area contributed by atoms with Gasteiger partial charge in [0.2, 0.25) is 0 Å². The van der Waals surface area contributed by atoms with Gasteiger partial charge in [0.25, 0.3) is 0 Å². The van der Waals surface area contributed by atoms with Crippen molar-refractivity contribution in [3.05, 3.63) is 0 Å². The first-order chi connectivity index (χ1) is 5.83. The molecule has 0 amide bonds. The molecule has 1 aliphatic heterocycles. The van der Waals surface area contributed by atoms with Crippen molar-refractivity contribution in [3.63, 3.8) is 0 Å². The van der Waals surface area contributed by atoms with Gasteiger partial charge >= 0.3 is 5.97 Å². The van der Waals surface area contributed by atoms with Crippen LogP contribution in [0.3, 0.4) is 0 Å². The lowest BCUT2D eigenvalue weighted by Crippen LogP contribution is -2.27. The summed E-state index contributed by atoms with van der Waals surface area (Å²) in [4.78, 5) is 10.6. The molecule has 4 heteroatoms. The van der Waals surface area contributed by atoms with E-state index in [1.165, 1.54) is 7.11 Å². The van der Waals surface area contributed by atoms with E-state index in [9.17, 15) is 4.79 Å². The van der Waals surface area contributed by atoms with E-state index in [0.29, 0.717) is 19.8 Å². The van der Waals surface area contributed by atoms with Gasteiger partial charge in [0.1, 0.15) is 6.10 Å². The Morgan fingerprint density at radius 2 is 2.42 bits per heavy atom. The lowest BCUT2D eigenvalue weighted by Gasteiger charge is -2.17. The van der Waals surface area contributed by atoms with Crippen molar-refractivity contribution in [2.24, 2.45) is 0 Å². The minimum atomic E-state index is -0.552. The summed E-state index contributed by atoms with van der Waals surface area (Å²) >= 11 is 0. The maximum atomic E-state index is 10.6. The Morgan fingerprint density at radius 1 is 1.58 bits per heavy atom. The minimum absolute atomic E-state index is 0.294. The molecule has 0 aliphatic carbocycles. The third-order valence-electron chi connectivity index (χ3n) is 1.34. The van der Waals surface area contributed by atoms with Gasteiger partial charge in [-0.1, -0.05) is 5.92 Å². The summed E-state index contributed by atoms with van der Waals surface area (Å²) in [6.07, 6.45) is -0.294. The Balaban J connectivity index is 2.35. The molecule has 1 fully saturated rings. The monoisotopic (exact) mass is 170 g/mol. The van der Waals surface area contributed by atoms with Gasteiger partial charge in [0.05, 0.1) is 26.9 Å². The molecule has 1 aliphatic rings. The summed E-state index contributed by atoms with van der Waals surface area (Å²) in [5, 5.41) is 0. The fraction of sp³-hybridized carbons (Fsp3) is 0.625. The number of ether oxygens (including phenoxy) is 3. The Morgan fingerprint density at radius 3 is 3.00 bits per heavy atom. The van der Waals surface area contributed by atoms with E-state index in [1.807, 2.05) is 0 Å². The number of rotatable bonds is 0. The van der Waals surface area contributed by atoms with Crippen LogP contribution in [0.15, 0.2) is 0 Å². The molecule has 0 bridgehead atoms. The first-order valence-electron chi connectivity index (χ1n) is 3.62. The molecule has 0 radical (unpaired) electrons. The molecule has 1 unspecified atom stereocenters. The molecule has 66 valence electrons. The second-order valence-corrected chi connectivity index (χ2v) is 2.20. The second kappa shape index (κ2) is 4.75. The van der Waals surface area contributed by atoms with Crippen LogP contribution in [0.25, 0.3) is 0 Å². The highest BCUT2D eigenvalue weighted by Gasteiger charge is 2.10. The van der Waals surface area contributed by atoms with E-state index in [-0.39, 0.29) is 6.10 Å². The van der Waals surface area contributed by atoms with E-state index in [1.54, 1.807) is 0 Å². The van der Waals surface area contributed by atoms with E-state index >= 15 is 0 Å². The van der Waals surface area contributed by atoms with E-state index < -0.39 is 5.97 Å². The third-order valence-corrected chi connectivity index (χ3v) is 1.34. The van der Waals surface area contributed by atoms with Gasteiger partial charge in [-0.15, -0.1) is 0 Å². The van der Waals surface area contributed by atoms with Gasteiger partial charge in [-0.2, -0.15) is 0 Å². The fourth-order valence-electron chi connectivity index (χ4n) is 0.762. The van der Waals surface area contributed by atoms with Gasteiger partial charge in [0, 0.05) is 5.92 Å². The summed E-state index contributed by atoms with van der Waals surface area (Å²) in [5.74, 6) is 4.33. The topological polar surface area (TPSA) is 44.8 Å². The number of esters is 1. The molecule has 0 aromatic carbocycles. The Kier molecular flexibility index (Phi) is 3.58. The van der Waals surface area contributed by atoms with E-state index in [4.69, 9.17) is 9.47 Å². The predicted molar refractivity (Wildman–Crippen MR) is 40.4 cm³/mol. The molecule has 0 aromatic heterocycles. The Labute approximate surface area is 70.8 Å². The first-order valence-corrected chi connectivity index (χ1v) is 3.62. The normalized spacial score (nSPS) is 22.2. The zero-order chi connectivity index (χ0) is 8.81. The van der Waals surface area contributed by atoms with Crippen LogP contribution in [-0.2, 0) is 19.0 Å². The molecule has 0 aromatic rings. The van der Waals surface area contributed by atoms with Crippen molar-refractivity contribution in [2.45, 2.75) is 6.10 Å². The lowest BCUT2D eigenvalue weighted by molar-refractivity contribution is -0.133. The highest BCUT2D eigenvalue weighted by molar-refractivity contribution is 5.88. The van der Waals surface area contributed by atoms with Gasteiger partial charge in [0.15, 0.2) is 0 Å². The molecule has 1 saturated heterocycles. The second-order valence-electron chi connectivity index (χ2n) is 2.20. The number of carbonyl (C=O) groups is 1.